The van der Waals surface area contributed by atoms with Gasteiger partial charge in [0.15, 0.2) is 0 Å². The zero-order chi connectivity index (χ0) is 20.5. The summed E-state index contributed by atoms with van der Waals surface area (Å²) in [4.78, 5) is 27.5. The molecule has 4 heteroatoms. The molecule has 2 aromatic rings. The summed E-state index contributed by atoms with van der Waals surface area (Å²) in [5.74, 6) is -0.131. The van der Waals surface area contributed by atoms with E-state index in [0.29, 0.717) is 19.5 Å². The van der Waals surface area contributed by atoms with Crippen molar-refractivity contribution in [2.45, 2.75) is 59.5 Å². The van der Waals surface area contributed by atoms with Gasteiger partial charge in [0.2, 0.25) is 11.8 Å². The van der Waals surface area contributed by atoms with Crippen molar-refractivity contribution >= 4 is 11.8 Å². The van der Waals surface area contributed by atoms with Gasteiger partial charge in [-0.2, -0.15) is 0 Å². The minimum atomic E-state index is -0.520. The largest absolute Gasteiger partial charge is 0.354 e. The van der Waals surface area contributed by atoms with Gasteiger partial charge in [0.05, 0.1) is 6.42 Å². The molecule has 0 fully saturated rings. The minimum absolute atomic E-state index is 0.0334. The van der Waals surface area contributed by atoms with Gasteiger partial charge in [0.25, 0.3) is 0 Å². The Morgan fingerprint density at radius 1 is 1.07 bits per heavy atom. The topological polar surface area (TPSA) is 49.4 Å². The lowest BCUT2D eigenvalue weighted by Crippen LogP contribution is -2.48. The number of carbonyl (C=O) groups is 2. The molecule has 150 valence electrons. The Labute approximate surface area is 169 Å². The fourth-order valence-electron chi connectivity index (χ4n) is 3.20. The van der Waals surface area contributed by atoms with Gasteiger partial charge in [-0.15, -0.1) is 0 Å². The third kappa shape index (κ3) is 6.22. The number of unbranched alkanes of at least 4 members (excludes halogenated alkanes) is 1. The van der Waals surface area contributed by atoms with Crippen LogP contribution in [-0.4, -0.2) is 29.3 Å². The summed E-state index contributed by atoms with van der Waals surface area (Å²) >= 11 is 0. The molecular formula is C24H32N2O2. The van der Waals surface area contributed by atoms with Crippen LogP contribution in [0.5, 0.6) is 0 Å². The molecule has 28 heavy (non-hydrogen) atoms. The van der Waals surface area contributed by atoms with E-state index in [-0.39, 0.29) is 11.8 Å². The van der Waals surface area contributed by atoms with E-state index in [1.54, 1.807) is 4.90 Å². The molecule has 0 unspecified atom stereocenters. The van der Waals surface area contributed by atoms with Crippen molar-refractivity contribution in [3.05, 3.63) is 70.8 Å². The first-order valence-corrected chi connectivity index (χ1v) is 10.1. The summed E-state index contributed by atoms with van der Waals surface area (Å²) in [6.07, 6.45) is 2.26. The average molecular weight is 381 g/mol. The van der Waals surface area contributed by atoms with E-state index in [1.165, 1.54) is 0 Å². The highest BCUT2D eigenvalue weighted by molar-refractivity contribution is 5.88. The SMILES string of the molecule is CCCCNC(=O)[C@@H](C)N(Cc1cccc(C)c1)C(=O)Cc1ccccc1C. The molecule has 1 atom stereocenters. The van der Waals surface area contributed by atoms with Crippen molar-refractivity contribution in [3.8, 4) is 0 Å². The monoisotopic (exact) mass is 380 g/mol. The summed E-state index contributed by atoms with van der Waals surface area (Å²) in [6.45, 7) is 9.01. The van der Waals surface area contributed by atoms with E-state index in [1.807, 2.05) is 63.2 Å². The van der Waals surface area contributed by atoms with Gasteiger partial charge in [0, 0.05) is 13.1 Å². The molecule has 2 rings (SSSR count). The van der Waals surface area contributed by atoms with E-state index < -0.39 is 6.04 Å². The standard InChI is InChI=1S/C24H32N2O2/c1-5-6-14-25-24(28)20(4)26(17-21-12-9-10-18(2)15-21)23(27)16-22-13-8-7-11-19(22)3/h7-13,15,20H,5-6,14,16-17H2,1-4H3,(H,25,28)/t20-/m1/s1. The zero-order valence-electron chi connectivity index (χ0n) is 17.5. The van der Waals surface area contributed by atoms with Crippen LogP contribution in [0.3, 0.4) is 0 Å². The van der Waals surface area contributed by atoms with E-state index in [0.717, 1.165) is 35.1 Å². The number of carbonyl (C=O) groups excluding carboxylic acids is 2. The van der Waals surface area contributed by atoms with E-state index in [4.69, 9.17) is 0 Å². The highest BCUT2D eigenvalue weighted by Crippen LogP contribution is 2.15. The summed E-state index contributed by atoms with van der Waals surface area (Å²) in [7, 11) is 0. The van der Waals surface area contributed by atoms with Crippen LogP contribution < -0.4 is 5.32 Å². The van der Waals surface area contributed by atoms with Gasteiger partial charge >= 0.3 is 0 Å². The molecule has 0 aliphatic carbocycles. The minimum Gasteiger partial charge on any atom is -0.354 e. The Kier molecular flexibility index (Phi) is 8.24. The number of hydrogen-bond donors (Lipinski definition) is 1. The van der Waals surface area contributed by atoms with Crippen molar-refractivity contribution in [2.24, 2.45) is 0 Å². The number of rotatable bonds is 9. The van der Waals surface area contributed by atoms with Crippen LogP contribution in [0, 0.1) is 13.8 Å². The highest BCUT2D eigenvalue weighted by Gasteiger charge is 2.26. The first-order chi connectivity index (χ1) is 13.4. The molecule has 0 saturated carbocycles. The smallest absolute Gasteiger partial charge is 0.242 e. The van der Waals surface area contributed by atoms with Crippen LogP contribution in [0.2, 0.25) is 0 Å². The quantitative estimate of drug-likeness (QED) is 0.664. The fraction of sp³-hybridized carbons (Fsp3) is 0.417. The molecule has 0 aliphatic heterocycles. The number of amides is 2. The second kappa shape index (κ2) is 10.6. The Bertz CT molecular complexity index is 801. The second-order valence-corrected chi connectivity index (χ2v) is 7.43. The Hall–Kier alpha value is -2.62. The lowest BCUT2D eigenvalue weighted by molar-refractivity contribution is -0.140. The van der Waals surface area contributed by atoms with Crippen molar-refractivity contribution in [1.82, 2.24) is 10.2 Å². The maximum Gasteiger partial charge on any atom is 0.242 e. The number of nitrogens with one attached hydrogen (secondary N) is 1. The molecular weight excluding hydrogens is 348 g/mol. The number of hydrogen-bond acceptors (Lipinski definition) is 2. The predicted octanol–water partition coefficient (Wildman–Crippen LogP) is 4.18. The molecule has 0 radical (unpaired) electrons. The second-order valence-electron chi connectivity index (χ2n) is 7.43. The van der Waals surface area contributed by atoms with Crippen LogP contribution >= 0.6 is 0 Å². The first kappa shape index (κ1) is 21.7. The number of aryl methyl sites for hydroxylation is 2. The van der Waals surface area contributed by atoms with Gasteiger partial charge in [0.1, 0.15) is 6.04 Å². The maximum absolute atomic E-state index is 13.2. The van der Waals surface area contributed by atoms with Crippen molar-refractivity contribution in [3.63, 3.8) is 0 Å². The molecule has 0 heterocycles. The van der Waals surface area contributed by atoms with Crippen molar-refractivity contribution in [2.75, 3.05) is 6.54 Å². The average Bonchev–Trinajstić information content (AvgIpc) is 2.67. The molecule has 0 bridgehead atoms. The molecule has 4 nitrogen and oxygen atoms in total. The lowest BCUT2D eigenvalue weighted by Gasteiger charge is -2.29. The zero-order valence-corrected chi connectivity index (χ0v) is 17.5. The van der Waals surface area contributed by atoms with Crippen LogP contribution in [0.15, 0.2) is 48.5 Å². The molecule has 1 N–H and O–H groups in total. The molecule has 2 aromatic carbocycles. The highest BCUT2D eigenvalue weighted by atomic mass is 16.2. The molecule has 0 aromatic heterocycles. The van der Waals surface area contributed by atoms with Gasteiger partial charge in [-0.1, -0.05) is 67.4 Å². The normalized spacial score (nSPS) is 11.7. The van der Waals surface area contributed by atoms with Crippen LogP contribution in [0.4, 0.5) is 0 Å². The summed E-state index contributed by atoms with van der Waals surface area (Å²) in [5, 5.41) is 2.96. The van der Waals surface area contributed by atoms with Crippen molar-refractivity contribution in [1.29, 1.82) is 0 Å². The van der Waals surface area contributed by atoms with Crippen LogP contribution in [-0.2, 0) is 22.6 Å². The molecule has 2 amide bonds. The predicted molar refractivity (Wildman–Crippen MR) is 114 cm³/mol. The lowest BCUT2D eigenvalue weighted by atomic mass is 10.0. The summed E-state index contributed by atoms with van der Waals surface area (Å²) < 4.78 is 0. The molecule has 0 aliphatic rings. The first-order valence-electron chi connectivity index (χ1n) is 10.1. The maximum atomic E-state index is 13.2. The third-order valence-corrected chi connectivity index (χ3v) is 5.04. The van der Waals surface area contributed by atoms with E-state index in [2.05, 4.69) is 18.3 Å². The van der Waals surface area contributed by atoms with E-state index >= 15 is 0 Å². The molecule has 0 saturated heterocycles. The number of benzene rings is 2. The fourth-order valence-corrected chi connectivity index (χ4v) is 3.20. The van der Waals surface area contributed by atoms with Crippen LogP contribution in [0.25, 0.3) is 0 Å². The van der Waals surface area contributed by atoms with Crippen LogP contribution in [0.1, 0.15) is 48.9 Å². The Morgan fingerprint density at radius 2 is 1.82 bits per heavy atom. The Morgan fingerprint density at radius 3 is 2.50 bits per heavy atom. The summed E-state index contributed by atoms with van der Waals surface area (Å²) in [5.41, 5.74) is 4.27. The van der Waals surface area contributed by atoms with Crippen molar-refractivity contribution < 1.29 is 9.59 Å². The Balaban J connectivity index is 2.20. The molecule has 0 spiro atoms. The number of nitrogens with zero attached hydrogens (tertiary/aromatic N) is 1. The third-order valence-electron chi connectivity index (χ3n) is 5.04. The van der Waals surface area contributed by atoms with Gasteiger partial charge in [-0.25, -0.2) is 0 Å². The van der Waals surface area contributed by atoms with E-state index in [9.17, 15) is 9.59 Å². The van der Waals surface area contributed by atoms with Gasteiger partial charge in [-0.3, -0.25) is 9.59 Å². The summed E-state index contributed by atoms with van der Waals surface area (Å²) in [6, 6.07) is 15.5. The van der Waals surface area contributed by atoms with Gasteiger partial charge < -0.3 is 10.2 Å². The van der Waals surface area contributed by atoms with Gasteiger partial charge in [-0.05, 0) is 43.9 Å².